The van der Waals surface area contributed by atoms with Gasteiger partial charge in [0.1, 0.15) is 12.2 Å². The SMILES string of the molecule is COc1ccc2c3c1OC1C[C@@H](OC(=O)c4cccc(Cl)c4)C=C[C@@]31CCN2C. The molecule has 0 radical (unpaired) electrons. The Labute approximate surface area is 174 Å². The van der Waals surface area contributed by atoms with Crippen molar-refractivity contribution in [2.75, 3.05) is 25.6 Å². The molecule has 1 spiro atoms. The third-order valence-corrected chi connectivity index (χ3v) is 6.50. The maximum absolute atomic E-state index is 12.6. The van der Waals surface area contributed by atoms with Crippen LogP contribution in [-0.2, 0) is 10.2 Å². The van der Waals surface area contributed by atoms with Crippen molar-refractivity contribution >= 4 is 23.3 Å². The van der Waals surface area contributed by atoms with E-state index in [4.69, 9.17) is 25.8 Å². The largest absolute Gasteiger partial charge is 0.493 e. The van der Waals surface area contributed by atoms with Gasteiger partial charge in [-0.1, -0.05) is 23.7 Å². The molecular weight excluding hydrogens is 390 g/mol. The molecule has 2 heterocycles. The number of methoxy groups -OCH3 is 1. The van der Waals surface area contributed by atoms with E-state index in [1.165, 1.54) is 11.3 Å². The number of carbonyl (C=O) groups excluding carboxylic acids is 1. The quantitative estimate of drug-likeness (QED) is 0.554. The number of anilines is 1. The summed E-state index contributed by atoms with van der Waals surface area (Å²) in [7, 11) is 3.76. The van der Waals surface area contributed by atoms with E-state index in [-0.39, 0.29) is 23.6 Å². The van der Waals surface area contributed by atoms with Crippen molar-refractivity contribution in [2.45, 2.75) is 30.5 Å². The molecule has 0 amide bonds. The lowest BCUT2D eigenvalue weighted by molar-refractivity contribution is 0.0221. The molecule has 0 bridgehead atoms. The second kappa shape index (κ2) is 6.70. The van der Waals surface area contributed by atoms with E-state index >= 15 is 0 Å². The Morgan fingerprint density at radius 1 is 1.31 bits per heavy atom. The van der Waals surface area contributed by atoms with Crippen LogP contribution in [0, 0.1) is 0 Å². The molecule has 3 aliphatic rings. The first-order valence-corrected chi connectivity index (χ1v) is 10.1. The van der Waals surface area contributed by atoms with Crippen LogP contribution in [-0.4, -0.2) is 38.9 Å². The molecule has 0 saturated heterocycles. The van der Waals surface area contributed by atoms with E-state index in [1.54, 1.807) is 31.4 Å². The molecule has 29 heavy (non-hydrogen) atoms. The molecule has 1 unspecified atom stereocenters. The third kappa shape index (κ3) is 2.79. The standard InChI is InChI=1S/C23H22ClNO4/c1-25-11-10-23-9-8-16(28-22(26)14-4-3-5-15(24)12-14)13-19(23)29-21-18(27-2)7-6-17(25)20(21)23/h3-9,12,16,19H,10-11,13H2,1-2H3/t16-,19?,23-/m0/s1. The lowest BCUT2D eigenvalue weighted by Crippen LogP contribution is -2.47. The van der Waals surface area contributed by atoms with Gasteiger partial charge in [0.05, 0.1) is 18.1 Å². The average molecular weight is 412 g/mol. The minimum absolute atomic E-state index is 0.0941. The van der Waals surface area contributed by atoms with E-state index in [0.29, 0.717) is 17.0 Å². The normalized spacial score (nSPS) is 26.4. The molecule has 2 aromatic carbocycles. The summed E-state index contributed by atoms with van der Waals surface area (Å²) in [4.78, 5) is 14.8. The topological polar surface area (TPSA) is 48.0 Å². The first-order valence-electron chi connectivity index (χ1n) is 9.77. The van der Waals surface area contributed by atoms with Gasteiger partial charge in [0.15, 0.2) is 11.5 Å². The number of benzene rings is 2. The molecule has 6 heteroatoms. The summed E-state index contributed by atoms with van der Waals surface area (Å²) in [6, 6.07) is 10.9. The maximum atomic E-state index is 12.6. The van der Waals surface area contributed by atoms with E-state index in [2.05, 4.69) is 24.1 Å². The number of nitrogens with zero attached hydrogens (tertiary/aromatic N) is 1. The van der Waals surface area contributed by atoms with Gasteiger partial charge in [-0.2, -0.15) is 0 Å². The van der Waals surface area contributed by atoms with Crippen molar-refractivity contribution < 1.29 is 19.0 Å². The van der Waals surface area contributed by atoms with E-state index in [9.17, 15) is 4.79 Å². The van der Waals surface area contributed by atoms with E-state index in [1.807, 2.05) is 12.1 Å². The Morgan fingerprint density at radius 3 is 2.97 bits per heavy atom. The molecule has 2 aromatic rings. The lowest BCUT2D eigenvalue weighted by atomic mass is 9.67. The Morgan fingerprint density at radius 2 is 2.17 bits per heavy atom. The average Bonchev–Trinajstić information content (AvgIpc) is 3.06. The highest BCUT2D eigenvalue weighted by Gasteiger charge is 2.54. The minimum atomic E-state index is -0.379. The number of rotatable bonds is 3. The molecular formula is C23H22ClNO4. The van der Waals surface area contributed by atoms with Crippen LogP contribution in [0.2, 0.25) is 5.02 Å². The van der Waals surface area contributed by atoms with Crippen molar-refractivity contribution in [1.29, 1.82) is 0 Å². The molecule has 150 valence electrons. The molecule has 1 aliphatic carbocycles. The number of carbonyl (C=O) groups is 1. The molecule has 0 fully saturated rings. The number of halogens is 1. The van der Waals surface area contributed by atoms with Gasteiger partial charge < -0.3 is 19.1 Å². The van der Waals surface area contributed by atoms with E-state index in [0.717, 1.165) is 24.5 Å². The highest BCUT2D eigenvalue weighted by atomic mass is 35.5. The van der Waals surface area contributed by atoms with Crippen molar-refractivity contribution in [3.63, 3.8) is 0 Å². The number of esters is 1. The van der Waals surface area contributed by atoms with Crippen LogP contribution in [0.5, 0.6) is 11.5 Å². The zero-order chi connectivity index (χ0) is 20.2. The Kier molecular flexibility index (Phi) is 4.24. The maximum Gasteiger partial charge on any atom is 0.338 e. The fourth-order valence-corrected chi connectivity index (χ4v) is 4.97. The molecule has 3 atom stereocenters. The summed E-state index contributed by atoms with van der Waals surface area (Å²) in [6.45, 7) is 0.940. The monoisotopic (exact) mass is 411 g/mol. The van der Waals surface area contributed by atoms with Gasteiger partial charge in [0, 0.05) is 36.3 Å². The molecule has 0 aromatic heterocycles. The summed E-state index contributed by atoms with van der Waals surface area (Å²) >= 11 is 6.00. The number of hydrogen-bond acceptors (Lipinski definition) is 5. The van der Waals surface area contributed by atoms with Crippen LogP contribution in [0.4, 0.5) is 5.69 Å². The van der Waals surface area contributed by atoms with Crippen LogP contribution in [0.25, 0.3) is 0 Å². The van der Waals surface area contributed by atoms with Crippen LogP contribution >= 0.6 is 11.6 Å². The zero-order valence-corrected chi connectivity index (χ0v) is 17.1. The highest BCUT2D eigenvalue weighted by molar-refractivity contribution is 6.30. The smallest absolute Gasteiger partial charge is 0.338 e. The van der Waals surface area contributed by atoms with Crippen LogP contribution in [0.1, 0.15) is 28.8 Å². The van der Waals surface area contributed by atoms with Gasteiger partial charge in [-0.3, -0.25) is 0 Å². The summed E-state index contributed by atoms with van der Waals surface area (Å²) in [6.07, 6.45) is 5.30. The van der Waals surface area contributed by atoms with Gasteiger partial charge in [0.2, 0.25) is 0 Å². The van der Waals surface area contributed by atoms with Crippen molar-refractivity contribution in [3.8, 4) is 11.5 Å². The predicted molar refractivity (Wildman–Crippen MR) is 111 cm³/mol. The third-order valence-electron chi connectivity index (χ3n) is 6.27. The van der Waals surface area contributed by atoms with Crippen LogP contribution in [0.3, 0.4) is 0 Å². The van der Waals surface area contributed by atoms with E-state index < -0.39 is 0 Å². The fraction of sp³-hybridized carbons (Fsp3) is 0.348. The fourth-order valence-electron chi connectivity index (χ4n) is 4.78. The predicted octanol–water partition coefficient (Wildman–Crippen LogP) is 4.37. The van der Waals surface area contributed by atoms with Gasteiger partial charge in [-0.05, 0) is 42.8 Å². The number of ether oxygens (including phenoxy) is 3. The van der Waals surface area contributed by atoms with Gasteiger partial charge in [0.25, 0.3) is 0 Å². The second-order valence-electron chi connectivity index (χ2n) is 7.86. The summed E-state index contributed by atoms with van der Waals surface area (Å²) in [5, 5.41) is 0.512. The van der Waals surface area contributed by atoms with Crippen LogP contribution < -0.4 is 14.4 Å². The molecule has 5 rings (SSSR count). The van der Waals surface area contributed by atoms with Gasteiger partial charge >= 0.3 is 5.97 Å². The zero-order valence-electron chi connectivity index (χ0n) is 16.4. The Bertz CT molecular complexity index is 1020. The molecule has 0 saturated carbocycles. The molecule has 0 N–H and O–H groups in total. The molecule has 2 aliphatic heterocycles. The van der Waals surface area contributed by atoms with Crippen molar-refractivity contribution in [1.82, 2.24) is 0 Å². The summed E-state index contributed by atoms with van der Waals surface area (Å²) in [5.41, 5.74) is 2.61. The van der Waals surface area contributed by atoms with Gasteiger partial charge in [-0.15, -0.1) is 0 Å². The number of hydrogen-bond donors (Lipinski definition) is 0. The summed E-state index contributed by atoms with van der Waals surface area (Å²) in [5.74, 6) is 1.18. The minimum Gasteiger partial charge on any atom is -0.493 e. The lowest BCUT2D eigenvalue weighted by Gasteiger charge is -2.42. The first kappa shape index (κ1) is 18.4. The van der Waals surface area contributed by atoms with Gasteiger partial charge in [-0.25, -0.2) is 4.79 Å². The molecule has 5 nitrogen and oxygen atoms in total. The van der Waals surface area contributed by atoms with Crippen molar-refractivity contribution in [3.05, 3.63) is 64.7 Å². The van der Waals surface area contributed by atoms with Crippen molar-refractivity contribution in [2.24, 2.45) is 0 Å². The summed E-state index contributed by atoms with van der Waals surface area (Å²) < 4.78 is 17.7. The van der Waals surface area contributed by atoms with Crippen LogP contribution in [0.15, 0.2) is 48.6 Å². The highest BCUT2D eigenvalue weighted by Crippen LogP contribution is 2.58. The Hall–Kier alpha value is -2.66. The Balaban J connectivity index is 1.45. The second-order valence-corrected chi connectivity index (χ2v) is 8.29. The first-order chi connectivity index (χ1) is 14.0.